The average molecular weight is 235 g/mol. The first-order chi connectivity index (χ1) is 7.95. The highest BCUT2D eigenvalue weighted by atomic mass is 16.3. The van der Waals surface area contributed by atoms with Gasteiger partial charge in [-0.1, -0.05) is 32.4 Å². The van der Waals surface area contributed by atoms with Gasteiger partial charge in [-0.2, -0.15) is 0 Å². The lowest BCUT2D eigenvalue weighted by Gasteiger charge is -2.25. The molecule has 2 heteroatoms. The summed E-state index contributed by atoms with van der Waals surface area (Å²) < 4.78 is 0. The van der Waals surface area contributed by atoms with Gasteiger partial charge in [0.2, 0.25) is 0 Å². The molecule has 2 N–H and O–H groups in total. The zero-order valence-electron chi connectivity index (χ0n) is 11.6. The quantitative estimate of drug-likeness (QED) is 0.814. The highest BCUT2D eigenvalue weighted by Gasteiger charge is 2.16. The van der Waals surface area contributed by atoms with E-state index in [9.17, 15) is 5.11 Å². The summed E-state index contributed by atoms with van der Waals surface area (Å²) in [4.78, 5) is 0. The molecule has 0 aliphatic carbocycles. The number of hydrogen-bond acceptors (Lipinski definition) is 2. The summed E-state index contributed by atoms with van der Waals surface area (Å²) in [5.74, 6) is 1.03. The van der Waals surface area contributed by atoms with Gasteiger partial charge in [0.1, 0.15) is 5.75 Å². The SMILES string of the molecule is CCC(C)C(C)NC(C)c1ccc(C)cc1O. The minimum absolute atomic E-state index is 0.180. The van der Waals surface area contributed by atoms with Crippen LogP contribution >= 0.6 is 0 Å². The van der Waals surface area contributed by atoms with Gasteiger partial charge in [-0.3, -0.25) is 0 Å². The molecule has 0 saturated carbocycles. The standard InChI is InChI=1S/C15H25NO/c1-6-11(3)12(4)16-13(5)14-8-7-10(2)9-15(14)17/h7-9,11-13,16-17H,6H2,1-5H3. The maximum absolute atomic E-state index is 9.93. The van der Waals surface area contributed by atoms with Crippen LogP contribution < -0.4 is 5.32 Å². The van der Waals surface area contributed by atoms with Crippen molar-refractivity contribution in [2.45, 2.75) is 53.1 Å². The van der Waals surface area contributed by atoms with E-state index < -0.39 is 0 Å². The van der Waals surface area contributed by atoms with Crippen LogP contribution in [0.3, 0.4) is 0 Å². The van der Waals surface area contributed by atoms with Crippen LogP contribution in [0.15, 0.2) is 18.2 Å². The van der Waals surface area contributed by atoms with E-state index in [0.717, 1.165) is 11.1 Å². The van der Waals surface area contributed by atoms with Crippen molar-refractivity contribution in [1.29, 1.82) is 0 Å². The van der Waals surface area contributed by atoms with Crippen LogP contribution in [0, 0.1) is 12.8 Å². The second kappa shape index (κ2) is 6.06. The predicted octanol–water partition coefficient (Wildman–Crippen LogP) is 3.79. The van der Waals surface area contributed by atoms with Crippen molar-refractivity contribution in [3.8, 4) is 5.75 Å². The van der Waals surface area contributed by atoms with Gasteiger partial charge in [-0.25, -0.2) is 0 Å². The molecule has 0 spiro atoms. The lowest BCUT2D eigenvalue weighted by atomic mass is 9.98. The van der Waals surface area contributed by atoms with Crippen molar-refractivity contribution >= 4 is 0 Å². The fourth-order valence-electron chi connectivity index (χ4n) is 2.02. The third-order valence-electron chi connectivity index (χ3n) is 3.66. The van der Waals surface area contributed by atoms with E-state index in [4.69, 9.17) is 0 Å². The van der Waals surface area contributed by atoms with Crippen molar-refractivity contribution in [3.63, 3.8) is 0 Å². The molecule has 1 aromatic carbocycles. The van der Waals surface area contributed by atoms with Crippen molar-refractivity contribution < 1.29 is 5.11 Å². The number of benzene rings is 1. The Bertz CT molecular complexity index is 362. The molecule has 0 heterocycles. The van der Waals surface area contributed by atoms with E-state index in [1.54, 1.807) is 0 Å². The van der Waals surface area contributed by atoms with Crippen molar-refractivity contribution in [2.24, 2.45) is 5.92 Å². The number of phenols is 1. The fraction of sp³-hybridized carbons (Fsp3) is 0.600. The highest BCUT2D eigenvalue weighted by Crippen LogP contribution is 2.26. The van der Waals surface area contributed by atoms with E-state index in [-0.39, 0.29) is 6.04 Å². The van der Waals surface area contributed by atoms with Crippen LogP contribution in [0.5, 0.6) is 5.75 Å². The van der Waals surface area contributed by atoms with E-state index in [1.807, 2.05) is 25.1 Å². The molecule has 0 aliphatic rings. The Morgan fingerprint density at radius 3 is 2.41 bits per heavy atom. The van der Waals surface area contributed by atoms with Crippen LogP contribution in [0.25, 0.3) is 0 Å². The summed E-state index contributed by atoms with van der Waals surface area (Å²) in [6, 6.07) is 6.50. The van der Waals surface area contributed by atoms with Crippen LogP contribution in [0.1, 0.15) is 51.3 Å². The van der Waals surface area contributed by atoms with Crippen molar-refractivity contribution in [3.05, 3.63) is 29.3 Å². The molecule has 96 valence electrons. The second-order valence-corrected chi connectivity index (χ2v) is 5.12. The van der Waals surface area contributed by atoms with E-state index in [1.165, 1.54) is 6.42 Å². The molecule has 1 aromatic rings. The lowest BCUT2D eigenvalue weighted by Crippen LogP contribution is -2.33. The Balaban J connectivity index is 2.72. The number of hydrogen-bond donors (Lipinski definition) is 2. The van der Waals surface area contributed by atoms with Gasteiger partial charge in [-0.15, -0.1) is 0 Å². The summed E-state index contributed by atoms with van der Waals surface area (Å²) >= 11 is 0. The highest BCUT2D eigenvalue weighted by molar-refractivity contribution is 5.37. The molecule has 3 atom stereocenters. The first-order valence-corrected chi connectivity index (χ1v) is 6.51. The molecule has 0 fully saturated rings. The third-order valence-corrected chi connectivity index (χ3v) is 3.66. The second-order valence-electron chi connectivity index (χ2n) is 5.12. The molecule has 1 rings (SSSR count). The van der Waals surface area contributed by atoms with Crippen LogP contribution in [0.2, 0.25) is 0 Å². The van der Waals surface area contributed by atoms with Gasteiger partial charge in [0, 0.05) is 17.6 Å². The molecule has 2 nitrogen and oxygen atoms in total. The molecule has 17 heavy (non-hydrogen) atoms. The van der Waals surface area contributed by atoms with Crippen LogP contribution in [0.4, 0.5) is 0 Å². The lowest BCUT2D eigenvalue weighted by molar-refractivity contribution is 0.354. The van der Waals surface area contributed by atoms with Gasteiger partial charge >= 0.3 is 0 Å². The summed E-state index contributed by atoms with van der Waals surface area (Å²) in [6.45, 7) is 10.7. The molecule has 0 bridgehead atoms. The van der Waals surface area contributed by atoms with Crippen molar-refractivity contribution in [1.82, 2.24) is 5.32 Å². The van der Waals surface area contributed by atoms with Crippen LogP contribution in [-0.4, -0.2) is 11.1 Å². The molecule has 0 aromatic heterocycles. The fourth-order valence-corrected chi connectivity index (χ4v) is 2.02. The Labute approximate surface area is 105 Å². The molecule has 0 radical (unpaired) electrons. The summed E-state index contributed by atoms with van der Waals surface area (Å²) in [7, 11) is 0. The minimum Gasteiger partial charge on any atom is -0.508 e. The summed E-state index contributed by atoms with van der Waals surface area (Å²) in [5, 5.41) is 13.5. The third kappa shape index (κ3) is 3.74. The van der Waals surface area contributed by atoms with E-state index in [2.05, 4.69) is 33.0 Å². The average Bonchev–Trinajstić information content (AvgIpc) is 2.27. The first kappa shape index (κ1) is 14.0. The Hall–Kier alpha value is -1.02. The molecule has 0 aliphatic heterocycles. The predicted molar refractivity (Wildman–Crippen MR) is 73.3 cm³/mol. The van der Waals surface area contributed by atoms with Gasteiger partial charge in [0.15, 0.2) is 0 Å². The van der Waals surface area contributed by atoms with Crippen LogP contribution in [-0.2, 0) is 0 Å². The largest absolute Gasteiger partial charge is 0.508 e. The molecular weight excluding hydrogens is 210 g/mol. The number of rotatable bonds is 5. The normalized spacial score (nSPS) is 16.5. The molecular formula is C15H25NO. The smallest absolute Gasteiger partial charge is 0.120 e. The zero-order chi connectivity index (χ0) is 13.0. The Kier molecular flexibility index (Phi) is 5.01. The summed E-state index contributed by atoms with van der Waals surface area (Å²) in [5.41, 5.74) is 2.07. The van der Waals surface area contributed by atoms with Gasteiger partial charge in [0.05, 0.1) is 0 Å². The Morgan fingerprint density at radius 2 is 1.88 bits per heavy atom. The van der Waals surface area contributed by atoms with Gasteiger partial charge in [-0.05, 0) is 38.3 Å². The molecule has 3 unspecified atom stereocenters. The number of aromatic hydroxyl groups is 1. The van der Waals surface area contributed by atoms with Gasteiger partial charge < -0.3 is 10.4 Å². The van der Waals surface area contributed by atoms with Crippen molar-refractivity contribution in [2.75, 3.05) is 0 Å². The first-order valence-electron chi connectivity index (χ1n) is 6.51. The zero-order valence-corrected chi connectivity index (χ0v) is 11.6. The maximum Gasteiger partial charge on any atom is 0.120 e. The van der Waals surface area contributed by atoms with Gasteiger partial charge in [0.25, 0.3) is 0 Å². The van der Waals surface area contributed by atoms with E-state index in [0.29, 0.717) is 17.7 Å². The Morgan fingerprint density at radius 1 is 1.24 bits per heavy atom. The maximum atomic E-state index is 9.93. The number of nitrogens with one attached hydrogen (secondary N) is 1. The molecule has 0 amide bonds. The topological polar surface area (TPSA) is 32.3 Å². The summed E-state index contributed by atoms with van der Waals surface area (Å²) in [6.07, 6.45) is 1.17. The number of aryl methyl sites for hydroxylation is 1. The molecule has 0 saturated heterocycles. The number of phenolic OH excluding ortho intramolecular Hbond substituents is 1. The van der Waals surface area contributed by atoms with E-state index >= 15 is 0 Å². The minimum atomic E-state index is 0.180. The monoisotopic (exact) mass is 235 g/mol.